The Morgan fingerprint density at radius 1 is 1.29 bits per heavy atom. The van der Waals surface area contributed by atoms with Gasteiger partial charge in [-0.3, -0.25) is 4.90 Å². The molecule has 1 N–H and O–H groups in total. The lowest BCUT2D eigenvalue weighted by Crippen LogP contribution is -2.30. The van der Waals surface area contributed by atoms with Gasteiger partial charge in [0.25, 0.3) is 0 Å². The number of rotatable bonds is 3. The first kappa shape index (κ1) is 11.2. The lowest BCUT2D eigenvalue weighted by Gasteiger charge is -2.26. The first-order chi connectivity index (χ1) is 8.32. The third-order valence-corrected chi connectivity index (χ3v) is 4.67. The van der Waals surface area contributed by atoms with Gasteiger partial charge in [0, 0.05) is 25.0 Å². The molecule has 1 aromatic carbocycles. The minimum atomic E-state index is 0.231. The highest BCUT2D eigenvalue weighted by molar-refractivity contribution is 5.15. The number of nitrogens with zero attached hydrogens (tertiary/aromatic N) is 1. The zero-order valence-electron chi connectivity index (χ0n) is 10.3. The Labute approximate surface area is 103 Å². The van der Waals surface area contributed by atoms with E-state index in [9.17, 15) is 5.11 Å². The molecule has 0 bridgehead atoms. The SMILES string of the molecule is OC[C@]12CCC[C@H]1CN(Cc1ccccc1)C2. The highest BCUT2D eigenvalue weighted by Gasteiger charge is 2.48. The minimum Gasteiger partial charge on any atom is -0.396 e. The number of aliphatic hydroxyl groups excluding tert-OH is 1. The molecule has 0 aromatic heterocycles. The van der Waals surface area contributed by atoms with Crippen molar-refractivity contribution in [1.82, 2.24) is 4.90 Å². The largest absolute Gasteiger partial charge is 0.396 e. The Hall–Kier alpha value is -0.860. The van der Waals surface area contributed by atoms with Crippen LogP contribution in [0.2, 0.25) is 0 Å². The van der Waals surface area contributed by atoms with Crippen molar-refractivity contribution >= 4 is 0 Å². The topological polar surface area (TPSA) is 23.5 Å². The Morgan fingerprint density at radius 2 is 2.12 bits per heavy atom. The maximum atomic E-state index is 9.68. The van der Waals surface area contributed by atoms with Gasteiger partial charge in [-0.1, -0.05) is 36.8 Å². The van der Waals surface area contributed by atoms with E-state index in [-0.39, 0.29) is 5.41 Å². The summed E-state index contributed by atoms with van der Waals surface area (Å²) in [6.07, 6.45) is 3.84. The van der Waals surface area contributed by atoms with E-state index >= 15 is 0 Å². The molecular weight excluding hydrogens is 210 g/mol. The van der Waals surface area contributed by atoms with Crippen LogP contribution in [-0.4, -0.2) is 29.7 Å². The highest BCUT2D eigenvalue weighted by Crippen LogP contribution is 2.48. The van der Waals surface area contributed by atoms with E-state index in [0.29, 0.717) is 6.61 Å². The van der Waals surface area contributed by atoms with Crippen molar-refractivity contribution < 1.29 is 5.11 Å². The fourth-order valence-electron chi connectivity index (χ4n) is 3.75. The molecule has 0 radical (unpaired) electrons. The molecule has 2 fully saturated rings. The lowest BCUT2D eigenvalue weighted by atomic mass is 9.82. The average molecular weight is 231 g/mol. The van der Waals surface area contributed by atoms with Gasteiger partial charge in [-0.05, 0) is 24.3 Å². The summed E-state index contributed by atoms with van der Waals surface area (Å²) in [7, 11) is 0. The molecule has 17 heavy (non-hydrogen) atoms. The molecule has 1 aromatic rings. The second-order valence-corrected chi connectivity index (χ2v) is 5.76. The number of benzene rings is 1. The van der Waals surface area contributed by atoms with Gasteiger partial charge in [0.15, 0.2) is 0 Å². The number of hydrogen-bond donors (Lipinski definition) is 1. The minimum absolute atomic E-state index is 0.231. The molecule has 1 saturated heterocycles. The number of hydrogen-bond acceptors (Lipinski definition) is 2. The normalized spacial score (nSPS) is 32.9. The van der Waals surface area contributed by atoms with Crippen LogP contribution in [0, 0.1) is 11.3 Å². The summed E-state index contributed by atoms with van der Waals surface area (Å²) < 4.78 is 0. The number of likely N-dealkylation sites (tertiary alicyclic amines) is 1. The van der Waals surface area contributed by atoms with Crippen molar-refractivity contribution in [1.29, 1.82) is 0 Å². The zero-order chi connectivity index (χ0) is 11.7. The third kappa shape index (κ3) is 2.00. The maximum absolute atomic E-state index is 9.68. The fourth-order valence-corrected chi connectivity index (χ4v) is 3.75. The maximum Gasteiger partial charge on any atom is 0.0502 e. The van der Waals surface area contributed by atoms with E-state index in [2.05, 4.69) is 35.2 Å². The molecule has 3 rings (SSSR count). The Balaban J connectivity index is 1.68. The van der Waals surface area contributed by atoms with Gasteiger partial charge >= 0.3 is 0 Å². The molecule has 1 saturated carbocycles. The van der Waals surface area contributed by atoms with E-state index in [4.69, 9.17) is 0 Å². The zero-order valence-corrected chi connectivity index (χ0v) is 10.3. The van der Waals surface area contributed by atoms with Crippen molar-refractivity contribution in [2.45, 2.75) is 25.8 Å². The van der Waals surface area contributed by atoms with Gasteiger partial charge in [-0.25, -0.2) is 0 Å². The first-order valence-corrected chi connectivity index (χ1v) is 6.69. The second kappa shape index (κ2) is 4.43. The van der Waals surface area contributed by atoms with E-state index in [0.717, 1.165) is 19.0 Å². The van der Waals surface area contributed by atoms with E-state index in [1.54, 1.807) is 0 Å². The summed E-state index contributed by atoms with van der Waals surface area (Å²) in [4.78, 5) is 2.52. The fraction of sp³-hybridized carbons (Fsp3) is 0.600. The molecule has 1 heterocycles. The molecule has 92 valence electrons. The molecule has 0 amide bonds. The first-order valence-electron chi connectivity index (χ1n) is 6.69. The van der Waals surface area contributed by atoms with Crippen LogP contribution >= 0.6 is 0 Å². The van der Waals surface area contributed by atoms with Crippen LogP contribution in [0.1, 0.15) is 24.8 Å². The van der Waals surface area contributed by atoms with Crippen molar-refractivity contribution in [3.05, 3.63) is 35.9 Å². The Morgan fingerprint density at radius 3 is 2.82 bits per heavy atom. The summed E-state index contributed by atoms with van der Waals surface area (Å²) in [6, 6.07) is 10.7. The summed E-state index contributed by atoms with van der Waals surface area (Å²) in [5.74, 6) is 0.733. The summed E-state index contributed by atoms with van der Waals surface area (Å²) in [5, 5.41) is 9.68. The Kier molecular flexibility index (Phi) is 2.93. The highest BCUT2D eigenvalue weighted by atomic mass is 16.3. The van der Waals surface area contributed by atoms with E-state index < -0.39 is 0 Å². The molecular formula is C15H21NO. The summed E-state index contributed by atoms with van der Waals surface area (Å²) in [5.41, 5.74) is 1.62. The Bertz CT molecular complexity index is 378. The molecule has 1 aliphatic carbocycles. The van der Waals surface area contributed by atoms with Crippen molar-refractivity contribution in [3.63, 3.8) is 0 Å². The van der Waals surface area contributed by atoms with Crippen molar-refractivity contribution in [2.24, 2.45) is 11.3 Å². The van der Waals surface area contributed by atoms with Crippen LogP contribution in [-0.2, 0) is 6.54 Å². The smallest absolute Gasteiger partial charge is 0.0502 e. The van der Waals surface area contributed by atoms with E-state index in [1.807, 2.05) is 0 Å². The predicted molar refractivity (Wildman–Crippen MR) is 68.6 cm³/mol. The third-order valence-electron chi connectivity index (χ3n) is 4.67. The van der Waals surface area contributed by atoms with Crippen LogP contribution in [0.25, 0.3) is 0 Å². The van der Waals surface area contributed by atoms with Crippen molar-refractivity contribution in [3.8, 4) is 0 Å². The van der Waals surface area contributed by atoms with Crippen LogP contribution < -0.4 is 0 Å². The molecule has 1 aliphatic heterocycles. The lowest BCUT2D eigenvalue weighted by molar-refractivity contribution is 0.111. The van der Waals surface area contributed by atoms with Crippen LogP contribution in [0.3, 0.4) is 0 Å². The predicted octanol–water partition coefficient (Wildman–Crippen LogP) is 2.28. The van der Waals surface area contributed by atoms with Gasteiger partial charge in [0.05, 0.1) is 6.61 Å². The van der Waals surface area contributed by atoms with Gasteiger partial charge in [0.1, 0.15) is 0 Å². The molecule has 2 heteroatoms. The molecule has 2 aliphatic rings. The van der Waals surface area contributed by atoms with E-state index in [1.165, 1.54) is 31.4 Å². The van der Waals surface area contributed by atoms with Crippen molar-refractivity contribution in [2.75, 3.05) is 19.7 Å². The molecule has 2 atom stereocenters. The van der Waals surface area contributed by atoms with Crippen LogP contribution in [0.4, 0.5) is 0 Å². The second-order valence-electron chi connectivity index (χ2n) is 5.76. The molecule has 2 nitrogen and oxygen atoms in total. The van der Waals surface area contributed by atoms with Gasteiger partial charge < -0.3 is 5.11 Å². The van der Waals surface area contributed by atoms with Gasteiger partial charge in [-0.15, -0.1) is 0 Å². The summed E-state index contributed by atoms with van der Waals surface area (Å²) in [6.45, 7) is 3.68. The van der Waals surface area contributed by atoms with Gasteiger partial charge in [0.2, 0.25) is 0 Å². The van der Waals surface area contributed by atoms with Gasteiger partial charge in [-0.2, -0.15) is 0 Å². The monoisotopic (exact) mass is 231 g/mol. The number of fused-ring (bicyclic) bond motifs is 1. The number of aliphatic hydroxyl groups is 1. The standard InChI is InChI=1S/C15H21NO/c17-12-15-8-4-7-14(15)10-16(11-15)9-13-5-2-1-3-6-13/h1-3,5-6,14,17H,4,7-12H2/t14-,15+/m0/s1. The molecule has 0 unspecified atom stereocenters. The average Bonchev–Trinajstić information content (AvgIpc) is 2.87. The molecule has 0 spiro atoms. The van der Waals surface area contributed by atoms with Crippen LogP contribution in [0.15, 0.2) is 30.3 Å². The quantitative estimate of drug-likeness (QED) is 0.862. The van der Waals surface area contributed by atoms with Crippen LogP contribution in [0.5, 0.6) is 0 Å². The summed E-state index contributed by atoms with van der Waals surface area (Å²) >= 11 is 0.